The van der Waals surface area contributed by atoms with E-state index in [1.807, 2.05) is 0 Å². The van der Waals surface area contributed by atoms with Gasteiger partial charge in [-0.3, -0.25) is 4.79 Å². The molecule has 16 heavy (non-hydrogen) atoms. The lowest BCUT2D eigenvalue weighted by Gasteiger charge is -2.15. The first-order valence-electron chi connectivity index (χ1n) is 6.22. The molecule has 96 valence electrons. The van der Waals surface area contributed by atoms with Gasteiger partial charge < -0.3 is 15.2 Å². The third-order valence-corrected chi connectivity index (χ3v) is 2.43. The average molecular weight is 231 g/mol. The quantitative estimate of drug-likeness (QED) is 0.558. The van der Waals surface area contributed by atoms with E-state index in [4.69, 9.17) is 9.84 Å². The Bertz CT molecular complexity index is 168. The van der Waals surface area contributed by atoms with Gasteiger partial charge in [-0.1, -0.05) is 26.7 Å². The monoisotopic (exact) mass is 231 g/mol. The van der Waals surface area contributed by atoms with Crippen molar-refractivity contribution in [3.05, 3.63) is 0 Å². The molecule has 2 N–H and O–H groups in total. The summed E-state index contributed by atoms with van der Waals surface area (Å²) in [5.74, 6) is 0.282. The molecule has 0 aliphatic carbocycles. The number of hydrogen-bond donors (Lipinski definition) is 2. The summed E-state index contributed by atoms with van der Waals surface area (Å²) >= 11 is 0. The lowest BCUT2D eigenvalue weighted by molar-refractivity contribution is -0.125. The van der Waals surface area contributed by atoms with Crippen molar-refractivity contribution in [2.75, 3.05) is 26.4 Å². The van der Waals surface area contributed by atoms with Crippen LogP contribution in [0.25, 0.3) is 0 Å². The molecule has 0 bridgehead atoms. The van der Waals surface area contributed by atoms with Crippen molar-refractivity contribution in [1.29, 1.82) is 0 Å². The van der Waals surface area contributed by atoms with Crippen LogP contribution in [-0.2, 0) is 9.53 Å². The van der Waals surface area contributed by atoms with Crippen molar-refractivity contribution in [3.8, 4) is 0 Å². The first-order chi connectivity index (χ1) is 7.76. The predicted molar refractivity (Wildman–Crippen MR) is 64.2 cm³/mol. The Morgan fingerprint density at radius 2 is 1.88 bits per heavy atom. The van der Waals surface area contributed by atoms with Crippen LogP contribution < -0.4 is 5.32 Å². The summed E-state index contributed by atoms with van der Waals surface area (Å²) in [6.07, 6.45) is 3.99. The smallest absolute Gasteiger partial charge is 0.223 e. The van der Waals surface area contributed by atoms with E-state index in [0.717, 1.165) is 25.7 Å². The van der Waals surface area contributed by atoms with Gasteiger partial charge in [0.05, 0.1) is 19.8 Å². The van der Waals surface area contributed by atoms with Crippen LogP contribution in [0.2, 0.25) is 0 Å². The van der Waals surface area contributed by atoms with Crippen LogP contribution in [0.5, 0.6) is 0 Å². The van der Waals surface area contributed by atoms with Crippen molar-refractivity contribution in [3.63, 3.8) is 0 Å². The molecule has 0 fully saturated rings. The van der Waals surface area contributed by atoms with Gasteiger partial charge in [0, 0.05) is 12.5 Å². The van der Waals surface area contributed by atoms with Gasteiger partial charge in [-0.15, -0.1) is 0 Å². The lowest BCUT2D eigenvalue weighted by atomic mass is 9.97. The second kappa shape index (κ2) is 10.9. The number of carbonyl (C=O) groups excluding carboxylic acids is 1. The predicted octanol–water partition coefficient (Wildman–Crippen LogP) is 1.33. The molecule has 0 heterocycles. The second-order valence-corrected chi connectivity index (χ2v) is 3.90. The van der Waals surface area contributed by atoms with E-state index < -0.39 is 0 Å². The molecule has 0 radical (unpaired) electrons. The first-order valence-corrected chi connectivity index (χ1v) is 6.22. The highest BCUT2D eigenvalue weighted by molar-refractivity contribution is 5.78. The Kier molecular flexibility index (Phi) is 10.5. The fourth-order valence-electron chi connectivity index (χ4n) is 1.66. The molecule has 0 aliphatic heterocycles. The SMILES string of the molecule is CCCC(CCC)C(=O)NCCOCCO. The van der Waals surface area contributed by atoms with Gasteiger partial charge in [0.1, 0.15) is 0 Å². The molecule has 0 aromatic rings. The molecule has 0 atom stereocenters. The summed E-state index contributed by atoms with van der Waals surface area (Å²) in [7, 11) is 0. The highest BCUT2D eigenvalue weighted by Gasteiger charge is 2.15. The molecule has 0 saturated carbocycles. The Hall–Kier alpha value is -0.610. The van der Waals surface area contributed by atoms with Crippen molar-refractivity contribution >= 4 is 5.91 Å². The van der Waals surface area contributed by atoms with Gasteiger partial charge in [-0.2, -0.15) is 0 Å². The zero-order valence-corrected chi connectivity index (χ0v) is 10.5. The molecular formula is C12H25NO3. The molecule has 1 amide bonds. The van der Waals surface area contributed by atoms with E-state index in [1.165, 1.54) is 0 Å². The summed E-state index contributed by atoms with van der Waals surface area (Å²) in [4.78, 5) is 11.7. The zero-order chi connectivity index (χ0) is 12.2. The van der Waals surface area contributed by atoms with Crippen LogP contribution in [0, 0.1) is 5.92 Å². The standard InChI is InChI=1S/C12H25NO3/c1-3-5-11(6-4-2)12(15)13-7-9-16-10-8-14/h11,14H,3-10H2,1-2H3,(H,13,15). The van der Waals surface area contributed by atoms with E-state index >= 15 is 0 Å². The molecule has 0 saturated heterocycles. The van der Waals surface area contributed by atoms with Gasteiger partial charge in [-0.05, 0) is 12.8 Å². The minimum atomic E-state index is 0.0300. The molecule has 4 heteroatoms. The third kappa shape index (κ3) is 7.65. The Morgan fingerprint density at radius 3 is 2.38 bits per heavy atom. The molecule has 0 unspecified atom stereocenters. The van der Waals surface area contributed by atoms with Gasteiger partial charge in [0.2, 0.25) is 5.91 Å². The number of amides is 1. The van der Waals surface area contributed by atoms with E-state index in [0.29, 0.717) is 19.8 Å². The lowest BCUT2D eigenvalue weighted by Crippen LogP contribution is -2.33. The maximum atomic E-state index is 11.7. The Balaban J connectivity index is 3.65. The van der Waals surface area contributed by atoms with Crippen LogP contribution in [-0.4, -0.2) is 37.4 Å². The number of nitrogens with one attached hydrogen (secondary N) is 1. The topological polar surface area (TPSA) is 58.6 Å². The van der Waals surface area contributed by atoms with Gasteiger partial charge in [0.25, 0.3) is 0 Å². The van der Waals surface area contributed by atoms with Crippen molar-refractivity contribution in [2.24, 2.45) is 5.92 Å². The van der Waals surface area contributed by atoms with Crippen LogP contribution in [0.4, 0.5) is 0 Å². The second-order valence-electron chi connectivity index (χ2n) is 3.90. The molecule has 0 aliphatic rings. The van der Waals surface area contributed by atoms with E-state index in [-0.39, 0.29) is 18.4 Å². The van der Waals surface area contributed by atoms with E-state index in [9.17, 15) is 4.79 Å². The number of aliphatic hydroxyl groups is 1. The largest absolute Gasteiger partial charge is 0.394 e. The van der Waals surface area contributed by atoms with Crippen molar-refractivity contribution in [1.82, 2.24) is 5.32 Å². The van der Waals surface area contributed by atoms with E-state index in [2.05, 4.69) is 19.2 Å². The number of carbonyl (C=O) groups is 1. The van der Waals surface area contributed by atoms with Crippen LogP contribution in [0.3, 0.4) is 0 Å². The Morgan fingerprint density at radius 1 is 1.25 bits per heavy atom. The molecule has 0 aromatic heterocycles. The normalized spacial score (nSPS) is 10.8. The van der Waals surface area contributed by atoms with Crippen LogP contribution >= 0.6 is 0 Å². The maximum absolute atomic E-state index is 11.7. The van der Waals surface area contributed by atoms with Gasteiger partial charge in [-0.25, -0.2) is 0 Å². The number of hydrogen-bond acceptors (Lipinski definition) is 3. The summed E-state index contributed by atoms with van der Waals surface area (Å²) in [5, 5.41) is 11.4. The summed E-state index contributed by atoms with van der Waals surface area (Å²) in [6.45, 7) is 5.56. The van der Waals surface area contributed by atoms with Crippen LogP contribution in [0.1, 0.15) is 39.5 Å². The highest BCUT2D eigenvalue weighted by Crippen LogP contribution is 2.13. The fourth-order valence-corrected chi connectivity index (χ4v) is 1.66. The van der Waals surface area contributed by atoms with Crippen molar-refractivity contribution < 1.29 is 14.6 Å². The molecule has 0 spiro atoms. The fraction of sp³-hybridized carbons (Fsp3) is 0.917. The first kappa shape index (κ1) is 15.4. The van der Waals surface area contributed by atoms with Crippen LogP contribution in [0.15, 0.2) is 0 Å². The maximum Gasteiger partial charge on any atom is 0.223 e. The van der Waals surface area contributed by atoms with E-state index in [1.54, 1.807) is 0 Å². The summed E-state index contributed by atoms with van der Waals surface area (Å²) in [5.41, 5.74) is 0. The third-order valence-electron chi connectivity index (χ3n) is 2.43. The van der Waals surface area contributed by atoms with Crippen molar-refractivity contribution in [2.45, 2.75) is 39.5 Å². The molecule has 4 nitrogen and oxygen atoms in total. The summed E-state index contributed by atoms with van der Waals surface area (Å²) in [6, 6.07) is 0. The Labute approximate surface area is 98.4 Å². The minimum Gasteiger partial charge on any atom is -0.394 e. The number of aliphatic hydroxyl groups excluding tert-OH is 1. The number of rotatable bonds is 10. The minimum absolute atomic E-state index is 0.0300. The highest BCUT2D eigenvalue weighted by atomic mass is 16.5. The molecule has 0 aromatic carbocycles. The zero-order valence-electron chi connectivity index (χ0n) is 10.5. The summed E-state index contributed by atoms with van der Waals surface area (Å²) < 4.78 is 5.07. The number of ether oxygens (including phenoxy) is 1. The van der Waals surface area contributed by atoms with Gasteiger partial charge >= 0.3 is 0 Å². The van der Waals surface area contributed by atoms with Gasteiger partial charge in [0.15, 0.2) is 0 Å². The average Bonchev–Trinajstić information content (AvgIpc) is 2.28. The molecular weight excluding hydrogens is 206 g/mol. The molecule has 0 rings (SSSR count).